The van der Waals surface area contributed by atoms with Gasteiger partial charge in [0, 0.05) is 6.54 Å². The molecule has 0 radical (unpaired) electrons. The van der Waals surface area contributed by atoms with Crippen LogP contribution in [0, 0.1) is 19.8 Å². The molecule has 0 aliphatic carbocycles. The minimum Gasteiger partial charge on any atom is -0.490 e. The predicted octanol–water partition coefficient (Wildman–Crippen LogP) is 7.87. The van der Waals surface area contributed by atoms with E-state index in [1.165, 1.54) is 42.4 Å². The fourth-order valence-electron chi connectivity index (χ4n) is 4.34. The predicted molar refractivity (Wildman–Crippen MR) is 152 cm³/mol. The number of hydrogen-bond acceptors (Lipinski definition) is 3. The van der Waals surface area contributed by atoms with Gasteiger partial charge in [-0.3, -0.25) is 4.57 Å². The molecule has 8 heteroatoms. The quantitative estimate of drug-likeness (QED) is 0.136. The third-order valence-electron chi connectivity index (χ3n) is 6.50. The number of rotatable bonds is 17. The maximum Gasteiger partial charge on any atom is 0.325 e. The third kappa shape index (κ3) is 12.0. The number of nitrogens with one attached hydrogen (secondary N) is 1. The molecule has 5 nitrogen and oxygen atoms in total. The van der Waals surface area contributed by atoms with Crippen LogP contribution in [0.25, 0.3) is 0 Å². The van der Waals surface area contributed by atoms with Crippen LogP contribution in [-0.4, -0.2) is 29.1 Å². The van der Waals surface area contributed by atoms with Crippen LogP contribution in [0.15, 0.2) is 30.3 Å². The fraction of sp³-hybridized carbons (Fsp3) is 0.571. The maximum atomic E-state index is 10.9. The van der Waals surface area contributed by atoms with E-state index in [0.717, 1.165) is 24.8 Å². The first kappa shape index (κ1) is 31.1. The monoisotopic (exact) mass is 557 g/mol. The normalized spacial score (nSPS) is 12.6. The van der Waals surface area contributed by atoms with E-state index >= 15 is 0 Å². The molecule has 2 aromatic carbocycles. The molecule has 3 N–H and O–H groups in total. The summed E-state index contributed by atoms with van der Waals surface area (Å²) in [4.78, 5) is 17.8. The van der Waals surface area contributed by atoms with Crippen LogP contribution in [0.4, 0.5) is 0 Å². The Morgan fingerprint density at radius 2 is 1.64 bits per heavy atom. The second-order valence-corrected chi connectivity index (χ2v) is 12.4. The Balaban J connectivity index is 1.84. The summed E-state index contributed by atoms with van der Waals surface area (Å²) < 4.78 is 16.9. The van der Waals surface area contributed by atoms with Gasteiger partial charge in [-0.1, -0.05) is 74.0 Å². The summed E-state index contributed by atoms with van der Waals surface area (Å²) >= 11 is 12.9. The minimum atomic E-state index is -3.95. The molecule has 36 heavy (non-hydrogen) atoms. The maximum absolute atomic E-state index is 10.9. The van der Waals surface area contributed by atoms with Crippen molar-refractivity contribution in [3.63, 3.8) is 0 Å². The Morgan fingerprint density at radius 3 is 2.28 bits per heavy atom. The molecule has 0 aliphatic rings. The first-order valence-corrected chi connectivity index (χ1v) is 15.6. The lowest BCUT2D eigenvalue weighted by Crippen LogP contribution is -2.16. The van der Waals surface area contributed by atoms with Gasteiger partial charge in [-0.2, -0.15) is 0 Å². The molecule has 0 saturated carbocycles. The van der Waals surface area contributed by atoms with Gasteiger partial charge in [0.2, 0.25) is 0 Å². The third-order valence-corrected chi connectivity index (χ3v) is 7.97. The van der Waals surface area contributed by atoms with Crippen molar-refractivity contribution in [2.75, 3.05) is 19.3 Å². The van der Waals surface area contributed by atoms with Crippen LogP contribution in [-0.2, 0) is 17.5 Å². The molecule has 0 heterocycles. The average molecular weight is 559 g/mol. The fourth-order valence-corrected chi connectivity index (χ4v) is 5.55. The molecule has 1 unspecified atom stereocenters. The van der Waals surface area contributed by atoms with Crippen molar-refractivity contribution in [3.8, 4) is 5.75 Å². The molecule has 2 aromatic rings. The van der Waals surface area contributed by atoms with Crippen molar-refractivity contribution < 1.29 is 19.1 Å². The molecule has 0 saturated heterocycles. The summed E-state index contributed by atoms with van der Waals surface area (Å²) in [5.74, 6) is 1.15. The first-order valence-electron chi connectivity index (χ1n) is 13.0. The van der Waals surface area contributed by atoms with Gasteiger partial charge in [-0.25, -0.2) is 0 Å². The van der Waals surface area contributed by atoms with Gasteiger partial charge < -0.3 is 19.8 Å². The number of ether oxygens (including phenoxy) is 1. The Morgan fingerprint density at radius 1 is 0.944 bits per heavy atom. The van der Waals surface area contributed by atoms with Gasteiger partial charge in [-0.15, -0.1) is 0 Å². The van der Waals surface area contributed by atoms with Crippen LogP contribution in [0.2, 0.25) is 10.0 Å². The van der Waals surface area contributed by atoms with E-state index in [0.29, 0.717) is 47.8 Å². The zero-order valence-electron chi connectivity index (χ0n) is 21.9. The summed E-state index contributed by atoms with van der Waals surface area (Å²) in [5.41, 5.74) is 5.01. The average Bonchev–Trinajstić information content (AvgIpc) is 2.79. The number of aryl methyl sites for hydroxylation is 2. The Kier molecular flexibility index (Phi) is 13.9. The van der Waals surface area contributed by atoms with Crippen LogP contribution < -0.4 is 10.1 Å². The van der Waals surface area contributed by atoms with Gasteiger partial charge in [0.15, 0.2) is 5.75 Å². The van der Waals surface area contributed by atoms with E-state index < -0.39 is 7.60 Å². The van der Waals surface area contributed by atoms with E-state index in [-0.39, 0.29) is 6.16 Å². The highest BCUT2D eigenvalue weighted by Gasteiger charge is 2.14. The molecular formula is C28H42Cl2NO4P. The molecule has 0 fully saturated rings. The largest absolute Gasteiger partial charge is 0.490 e. The summed E-state index contributed by atoms with van der Waals surface area (Å²) in [6, 6.07) is 10.5. The molecule has 202 valence electrons. The highest BCUT2D eigenvalue weighted by atomic mass is 35.5. The second-order valence-electron chi connectivity index (χ2n) is 9.78. The molecular weight excluding hydrogens is 516 g/mol. The Hall–Kier alpha value is -1.07. The van der Waals surface area contributed by atoms with Crippen molar-refractivity contribution in [1.82, 2.24) is 5.32 Å². The van der Waals surface area contributed by atoms with Crippen molar-refractivity contribution in [3.05, 3.63) is 62.6 Å². The summed E-state index contributed by atoms with van der Waals surface area (Å²) in [6.07, 6.45) is 8.42. The van der Waals surface area contributed by atoms with E-state index in [1.54, 1.807) is 0 Å². The van der Waals surface area contributed by atoms with Gasteiger partial charge in [-0.05, 0) is 86.4 Å². The van der Waals surface area contributed by atoms with E-state index in [2.05, 4.69) is 44.3 Å². The number of hydrogen-bond donors (Lipinski definition) is 3. The van der Waals surface area contributed by atoms with Crippen molar-refractivity contribution in [1.29, 1.82) is 0 Å². The summed E-state index contributed by atoms with van der Waals surface area (Å²) in [7, 11) is -3.95. The Labute approximate surface area is 227 Å². The molecule has 0 amide bonds. The molecule has 0 aliphatic heterocycles. The SMILES string of the molecule is CCCCCC(CCCOc1c(Cl)cc(CNCCCP(=O)(O)O)cc1Cl)Cc1ccc(C)c(C)c1. The topological polar surface area (TPSA) is 78.8 Å². The van der Waals surface area contributed by atoms with Crippen LogP contribution >= 0.6 is 30.8 Å². The lowest BCUT2D eigenvalue weighted by molar-refractivity contribution is 0.286. The zero-order chi connectivity index (χ0) is 26.6. The molecule has 0 aromatic heterocycles. The number of halogens is 2. The van der Waals surface area contributed by atoms with Crippen LogP contribution in [0.5, 0.6) is 5.75 Å². The molecule has 0 spiro atoms. The van der Waals surface area contributed by atoms with E-state index in [9.17, 15) is 4.57 Å². The lowest BCUT2D eigenvalue weighted by Gasteiger charge is -2.18. The highest BCUT2D eigenvalue weighted by Crippen LogP contribution is 2.35. The van der Waals surface area contributed by atoms with Gasteiger partial charge in [0.1, 0.15) is 0 Å². The van der Waals surface area contributed by atoms with Crippen molar-refractivity contribution >= 4 is 30.8 Å². The van der Waals surface area contributed by atoms with Crippen LogP contribution in [0.1, 0.15) is 74.1 Å². The second kappa shape index (κ2) is 16.0. The van der Waals surface area contributed by atoms with Gasteiger partial charge >= 0.3 is 7.60 Å². The van der Waals surface area contributed by atoms with Gasteiger partial charge in [0.25, 0.3) is 0 Å². The highest BCUT2D eigenvalue weighted by molar-refractivity contribution is 7.51. The van der Waals surface area contributed by atoms with E-state index in [1.807, 2.05) is 12.1 Å². The zero-order valence-corrected chi connectivity index (χ0v) is 24.3. The molecule has 2 rings (SSSR count). The summed E-state index contributed by atoms with van der Waals surface area (Å²) in [6.45, 7) is 8.16. The van der Waals surface area contributed by atoms with E-state index in [4.69, 9.17) is 37.7 Å². The number of benzene rings is 2. The smallest absolute Gasteiger partial charge is 0.325 e. The molecule has 0 bridgehead atoms. The van der Waals surface area contributed by atoms with Gasteiger partial charge in [0.05, 0.1) is 22.8 Å². The summed E-state index contributed by atoms with van der Waals surface area (Å²) in [5, 5.41) is 4.11. The van der Waals surface area contributed by atoms with Crippen molar-refractivity contribution in [2.24, 2.45) is 5.92 Å². The Bertz CT molecular complexity index is 973. The standard InChI is InChI=1S/C28H42Cl2NO4P/c1-4-5-6-9-23(17-24-12-11-21(2)22(3)16-24)10-7-14-35-28-26(29)18-25(19-27(28)30)20-31-13-8-15-36(32,33)34/h11-12,16,18-19,23,31H,4-10,13-15,17,20H2,1-3H3,(H2,32,33,34). The lowest BCUT2D eigenvalue weighted by atomic mass is 9.89. The number of unbranched alkanes of at least 4 members (excludes halogenated alkanes) is 2. The first-order chi connectivity index (χ1) is 17.1. The minimum absolute atomic E-state index is 0.127. The van der Waals surface area contributed by atoms with Crippen molar-refractivity contribution in [2.45, 2.75) is 78.7 Å². The molecule has 1 atom stereocenters. The van der Waals surface area contributed by atoms with Crippen LogP contribution in [0.3, 0.4) is 0 Å².